The molecule has 1 heterocycles. The number of rotatable bonds is 5. The van der Waals surface area contributed by atoms with Gasteiger partial charge in [0.1, 0.15) is 0 Å². The van der Waals surface area contributed by atoms with E-state index in [9.17, 15) is 14.7 Å². The Bertz CT molecular complexity index is 513. The molecule has 1 amide bonds. The van der Waals surface area contributed by atoms with Gasteiger partial charge in [-0.05, 0) is 31.0 Å². The van der Waals surface area contributed by atoms with Gasteiger partial charge in [0.25, 0.3) is 0 Å². The van der Waals surface area contributed by atoms with Gasteiger partial charge >= 0.3 is 0 Å². The van der Waals surface area contributed by atoms with Crippen molar-refractivity contribution in [2.45, 2.75) is 19.3 Å². The van der Waals surface area contributed by atoms with Crippen molar-refractivity contribution in [2.75, 3.05) is 31.1 Å². The summed E-state index contributed by atoms with van der Waals surface area (Å²) in [5, 5.41) is 11.0. The average Bonchev–Trinajstić information content (AvgIpc) is 2.47. The maximum absolute atomic E-state index is 11.9. The first-order chi connectivity index (χ1) is 10.1. The maximum atomic E-state index is 11.9. The minimum atomic E-state index is -1.10. The zero-order valence-corrected chi connectivity index (χ0v) is 12.5. The third-order valence-corrected chi connectivity index (χ3v) is 3.81. The van der Waals surface area contributed by atoms with Gasteiger partial charge in [0.15, 0.2) is 0 Å². The molecule has 1 aromatic carbocycles. The van der Waals surface area contributed by atoms with Crippen LogP contribution >= 0.6 is 11.6 Å². The van der Waals surface area contributed by atoms with E-state index < -0.39 is 5.97 Å². The van der Waals surface area contributed by atoms with Gasteiger partial charge < -0.3 is 19.7 Å². The van der Waals surface area contributed by atoms with Gasteiger partial charge in [-0.25, -0.2) is 0 Å². The smallest absolute Gasteiger partial charge is 0.222 e. The fourth-order valence-corrected chi connectivity index (χ4v) is 2.61. The Labute approximate surface area is 129 Å². The molecule has 0 spiro atoms. The summed E-state index contributed by atoms with van der Waals surface area (Å²) in [6, 6.07) is 7.67. The number of carboxylic acid groups (broad SMARTS) is 1. The highest BCUT2D eigenvalue weighted by atomic mass is 35.5. The highest BCUT2D eigenvalue weighted by Gasteiger charge is 2.20. The van der Waals surface area contributed by atoms with Crippen molar-refractivity contribution < 1.29 is 14.7 Å². The van der Waals surface area contributed by atoms with Crippen LogP contribution in [0, 0.1) is 0 Å². The number of carbonyl (C=O) groups excluding carboxylic acids is 2. The molecule has 1 fully saturated rings. The lowest BCUT2D eigenvalue weighted by Crippen LogP contribution is -2.48. The van der Waals surface area contributed by atoms with Crippen LogP contribution < -0.4 is 10.0 Å². The SMILES string of the molecule is O=C([O-])CCCC(=O)N1CCN(c2cccc(Cl)c2)CC1. The second-order valence-corrected chi connectivity index (χ2v) is 5.51. The predicted octanol–water partition coefficient (Wildman–Crippen LogP) is 0.909. The normalized spacial score (nSPS) is 15.1. The maximum Gasteiger partial charge on any atom is 0.222 e. The van der Waals surface area contributed by atoms with Crippen LogP contribution in [-0.4, -0.2) is 43.0 Å². The lowest BCUT2D eigenvalue weighted by atomic mass is 10.2. The van der Waals surface area contributed by atoms with E-state index in [1.807, 2.05) is 24.3 Å². The average molecular weight is 310 g/mol. The van der Waals surface area contributed by atoms with E-state index in [1.54, 1.807) is 4.90 Å². The predicted molar refractivity (Wildman–Crippen MR) is 79.1 cm³/mol. The molecule has 1 aliphatic heterocycles. The van der Waals surface area contributed by atoms with Crippen molar-refractivity contribution in [1.29, 1.82) is 0 Å². The van der Waals surface area contributed by atoms with Crippen LogP contribution in [0.25, 0.3) is 0 Å². The summed E-state index contributed by atoms with van der Waals surface area (Å²) in [6.45, 7) is 2.81. The molecule has 0 radical (unpaired) electrons. The molecule has 1 aliphatic rings. The number of benzene rings is 1. The number of carboxylic acids is 1. The number of nitrogens with zero attached hydrogens (tertiary/aromatic N) is 2. The van der Waals surface area contributed by atoms with Crippen LogP contribution in [0.4, 0.5) is 5.69 Å². The van der Waals surface area contributed by atoms with Gasteiger partial charge in [-0.3, -0.25) is 4.79 Å². The number of piperazine rings is 1. The Balaban J connectivity index is 1.80. The third-order valence-electron chi connectivity index (χ3n) is 3.58. The molecule has 1 aromatic rings. The van der Waals surface area contributed by atoms with Crippen molar-refractivity contribution in [3.63, 3.8) is 0 Å². The molecule has 0 aromatic heterocycles. The molecule has 5 nitrogen and oxygen atoms in total. The number of hydrogen-bond donors (Lipinski definition) is 0. The minimum absolute atomic E-state index is 0.0157. The molecule has 0 bridgehead atoms. The van der Waals surface area contributed by atoms with Crippen LogP contribution in [0.3, 0.4) is 0 Å². The molecule has 2 rings (SSSR count). The number of amides is 1. The Kier molecular flexibility index (Phi) is 5.44. The molecule has 0 atom stereocenters. The molecule has 6 heteroatoms. The van der Waals surface area contributed by atoms with Crippen molar-refractivity contribution in [3.05, 3.63) is 29.3 Å². The Morgan fingerprint density at radius 2 is 1.86 bits per heavy atom. The summed E-state index contributed by atoms with van der Waals surface area (Å²) in [4.78, 5) is 26.3. The highest BCUT2D eigenvalue weighted by molar-refractivity contribution is 6.30. The van der Waals surface area contributed by atoms with Crippen LogP contribution in [0.5, 0.6) is 0 Å². The molecule has 1 saturated heterocycles. The van der Waals surface area contributed by atoms with E-state index >= 15 is 0 Å². The van der Waals surface area contributed by atoms with Crippen LogP contribution in [0.1, 0.15) is 19.3 Å². The number of halogens is 1. The minimum Gasteiger partial charge on any atom is -0.550 e. The third kappa shape index (κ3) is 4.63. The summed E-state index contributed by atoms with van der Waals surface area (Å²) in [5.41, 5.74) is 1.06. The number of anilines is 1. The largest absolute Gasteiger partial charge is 0.550 e. The van der Waals surface area contributed by atoms with E-state index in [0.717, 1.165) is 18.8 Å². The zero-order valence-electron chi connectivity index (χ0n) is 11.8. The fourth-order valence-electron chi connectivity index (χ4n) is 2.43. The molecule has 0 N–H and O–H groups in total. The van der Waals surface area contributed by atoms with Crippen molar-refractivity contribution in [1.82, 2.24) is 4.90 Å². The summed E-state index contributed by atoms with van der Waals surface area (Å²) in [7, 11) is 0. The Morgan fingerprint density at radius 1 is 1.14 bits per heavy atom. The first-order valence-corrected chi connectivity index (χ1v) is 7.42. The molecule has 0 saturated carbocycles. The lowest BCUT2D eigenvalue weighted by molar-refractivity contribution is -0.305. The molecule has 0 unspecified atom stereocenters. The quantitative estimate of drug-likeness (QED) is 0.811. The van der Waals surface area contributed by atoms with Crippen molar-refractivity contribution in [2.24, 2.45) is 0 Å². The topological polar surface area (TPSA) is 63.7 Å². The van der Waals surface area contributed by atoms with Gasteiger partial charge in [-0.15, -0.1) is 0 Å². The van der Waals surface area contributed by atoms with Gasteiger partial charge in [0, 0.05) is 49.3 Å². The first kappa shape index (κ1) is 15.6. The van der Waals surface area contributed by atoms with E-state index in [4.69, 9.17) is 11.6 Å². The van der Waals surface area contributed by atoms with Gasteiger partial charge in [0.05, 0.1) is 0 Å². The van der Waals surface area contributed by atoms with Crippen molar-refractivity contribution in [3.8, 4) is 0 Å². The lowest BCUT2D eigenvalue weighted by Gasteiger charge is -2.36. The van der Waals surface area contributed by atoms with Gasteiger partial charge in [0.2, 0.25) is 5.91 Å². The summed E-state index contributed by atoms with van der Waals surface area (Å²) in [6.07, 6.45) is 0.551. The van der Waals surface area contributed by atoms with Crippen molar-refractivity contribution >= 4 is 29.2 Å². The highest BCUT2D eigenvalue weighted by Crippen LogP contribution is 2.21. The second-order valence-electron chi connectivity index (χ2n) is 5.07. The molecule has 0 aliphatic carbocycles. The van der Waals surface area contributed by atoms with Crippen LogP contribution in [0.15, 0.2) is 24.3 Å². The number of aliphatic carboxylic acids is 1. The summed E-state index contributed by atoms with van der Waals surface area (Å²) < 4.78 is 0. The summed E-state index contributed by atoms with van der Waals surface area (Å²) >= 11 is 5.98. The van der Waals surface area contributed by atoms with E-state index in [2.05, 4.69) is 4.90 Å². The van der Waals surface area contributed by atoms with E-state index in [0.29, 0.717) is 24.5 Å². The first-order valence-electron chi connectivity index (χ1n) is 7.04. The van der Waals surface area contributed by atoms with E-state index in [-0.39, 0.29) is 18.7 Å². The number of carbonyl (C=O) groups is 2. The zero-order chi connectivity index (χ0) is 15.2. The van der Waals surface area contributed by atoms with Crippen LogP contribution in [0.2, 0.25) is 5.02 Å². The fraction of sp³-hybridized carbons (Fsp3) is 0.467. The molecule has 114 valence electrons. The Morgan fingerprint density at radius 3 is 2.48 bits per heavy atom. The summed E-state index contributed by atoms with van der Waals surface area (Å²) in [5.74, 6) is -1.09. The molecular formula is C15H18ClN2O3-. The molecular weight excluding hydrogens is 292 g/mol. The second kappa shape index (κ2) is 7.31. The molecule has 21 heavy (non-hydrogen) atoms. The standard InChI is InChI=1S/C15H19ClN2O3/c16-12-3-1-4-13(11-12)17-7-9-18(10-8-17)14(19)5-2-6-15(20)21/h1,3-4,11H,2,5-10H2,(H,20,21)/p-1. The van der Waals surface area contributed by atoms with Gasteiger partial charge in [-0.1, -0.05) is 17.7 Å². The monoisotopic (exact) mass is 309 g/mol. The van der Waals surface area contributed by atoms with E-state index in [1.165, 1.54) is 0 Å². The van der Waals surface area contributed by atoms with Crippen LogP contribution in [-0.2, 0) is 9.59 Å². The van der Waals surface area contributed by atoms with Gasteiger partial charge in [-0.2, -0.15) is 0 Å². The number of hydrogen-bond acceptors (Lipinski definition) is 4. The Hall–Kier alpha value is -1.75.